The Bertz CT molecular complexity index is 1100. The molecule has 0 radical (unpaired) electrons. The van der Waals surface area contributed by atoms with Crippen molar-refractivity contribution in [1.82, 2.24) is 15.2 Å². The van der Waals surface area contributed by atoms with Crippen molar-refractivity contribution in [2.45, 2.75) is 6.54 Å². The molecule has 1 aromatic heterocycles. The third-order valence-corrected chi connectivity index (χ3v) is 5.71. The summed E-state index contributed by atoms with van der Waals surface area (Å²) in [6.45, 7) is 5.47. The van der Waals surface area contributed by atoms with Crippen LogP contribution in [0.1, 0.15) is 5.56 Å². The van der Waals surface area contributed by atoms with E-state index in [9.17, 15) is 0 Å². The van der Waals surface area contributed by atoms with Gasteiger partial charge in [-0.2, -0.15) is 0 Å². The topological polar surface area (TPSA) is 65.1 Å². The first-order valence-electron chi connectivity index (χ1n) is 9.89. The van der Waals surface area contributed by atoms with Crippen molar-refractivity contribution in [3.8, 4) is 34.3 Å². The molecule has 0 atom stereocenters. The number of benzene rings is 2. The largest absolute Gasteiger partial charge is 0.454 e. The molecule has 3 aliphatic heterocycles. The Morgan fingerprint density at radius 3 is 2.59 bits per heavy atom. The molecule has 7 nitrogen and oxygen atoms in total. The lowest BCUT2D eigenvalue weighted by molar-refractivity contribution is 0.173. The summed E-state index contributed by atoms with van der Waals surface area (Å²) in [4.78, 5) is 7.23. The van der Waals surface area contributed by atoms with Crippen molar-refractivity contribution in [3.05, 3.63) is 42.1 Å². The zero-order chi connectivity index (χ0) is 19.2. The van der Waals surface area contributed by atoms with Gasteiger partial charge in [0, 0.05) is 49.9 Å². The lowest BCUT2D eigenvalue weighted by Gasteiger charge is -2.28. The van der Waals surface area contributed by atoms with Crippen LogP contribution in [0.15, 0.2) is 36.5 Å². The lowest BCUT2D eigenvalue weighted by atomic mass is 10.00. The van der Waals surface area contributed by atoms with Crippen LogP contribution in [0.2, 0.25) is 0 Å². The van der Waals surface area contributed by atoms with Crippen molar-refractivity contribution in [1.29, 1.82) is 0 Å². The van der Waals surface area contributed by atoms with Crippen LogP contribution in [-0.4, -0.2) is 49.6 Å². The second kappa shape index (κ2) is 6.79. The molecule has 0 unspecified atom stereocenters. The number of nitrogens with one attached hydrogen (secondary N) is 1. The third-order valence-electron chi connectivity index (χ3n) is 5.71. The van der Waals surface area contributed by atoms with Crippen LogP contribution < -0.4 is 24.3 Å². The molecule has 7 heteroatoms. The predicted octanol–water partition coefficient (Wildman–Crippen LogP) is 2.76. The van der Waals surface area contributed by atoms with Gasteiger partial charge in [-0.05, 0) is 35.2 Å². The van der Waals surface area contributed by atoms with Crippen molar-refractivity contribution < 1.29 is 18.9 Å². The van der Waals surface area contributed by atoms with Gasteiger partial charge in [0.1, 0.15) is 0 Å². The fraction of sp³-hybridized carbons (Fsp3) is 0.318. The van der Waals surface area contributed by atoms with Crippen molar-refractivity contribution in [2.24, 2.45) is 0 Å². The minimum Gasteiger partial charge on any atom is -0.454 e. The first-order valence-corrected chi connectivity index (χ1v) is 9.89. The number of aromatic nitrogens is 1. The number of rotatable bonds is 3. The van der Waals surface area contributed by atoms with Crippen LogP contribution in [0.5, 0.6) is 23.0 Å². The molecule has 148 valence electrons. The summed E-state index contributed by atoms with van der Waals surface area (Å²) in [6, 6.07) is 10.3. The minimum atomic E-state index is 0.257. The SMILES string of the molecule is c1c(CN2CCNCC2)c(-c2cc3ccc4c(c3cn2)OCO4)cc2c1OCO2. The third kappa shape index (κ3) is 2.94. The van der Waals surface area contributed by atoms with Crippen LogP contribution in [-0.2, 0) is 6.54 Å². The minimum absolute atomic E-state index is 0.257. The summed E-state index contributed by atoms with van der Waals surface area (Å²) in [5, 5.41) is 5.45. The van der Waals surface area contributed by atoms with Gasteiger partial charge in [-0.1, -0.05) is 6.07 Å². The molecule has 2 aromatic carbocycles. The van der Waals surface area contributed by atoms with Gasteiger partial charge < -0.3 is 24.3 Å². The molecule has 3 aromatic rings. The summed E-state index contributed by atoms with van der Waals surface area (Å²) in [5.41, 5.74) is 3.19. The number of hydrogen-bond acceptors (Lipinski definition) is 7. The molecule has 0 aliphatic carbocycles. The highest BCUT2D eigenvalue weighted by Crippen LogP contribution is 2.42. The molecular formula is C22H21N3O4. The maximum absolute atomic E-state index is 5.64. The van der Waals surface area contributed by atoms with E-state index in [0.29, 0.717) is 0 Å². The van der Waals surface area contributed by atoms with E-state index in [1.807, 2.05) is 12.3 Å². The maximum atomic E-state index is 5.64. The molecule has 1 saturated heterocycles. The van der Waals surface area contributed by atoms with E-state index < -0.39 is 0 Å². The van der Waals surface area contributed by atoms with Crippen molar-refractivity contribution in [3.63, 3.8) is 0 Å². The highest BCUT2D eigenvalue weighted by atomic mass is 16.7. The second-order valence-electron chi connectivity index (χ2n) is 7.48. The number of pyridine rings is 1. The standard InChI is InChI=1S/C22H21N3O4/c1-2-19-22(29-13-26-19)17-10-24-18(7-14(1)17)16-9-21-20(27-12-28-21)8-15(16)11-25-5-3-23-4-6-25/h1-2,7-10,23H,3-6,11-13H2. The van der Waals surface area contributed by atoms with E-state index in [1.165, 1.54) is 5.56 Å². The number of fused-ring (bicyclic) bond motifs is 4. The Hall–Kier alpha value is -3.03. The van der Waals surface area contributed by atoms with Crippen LogP contribution in [0.4, 0.5) is 0 Å². The molecule has 3 aliphatic rings. The average molecular weight is 391 g/mol. The number of piperazine rings is 1. The Labute approximate surface area is 168 Å². The van der Waals surface area contributed by atoms with Gasteiger partial charge in [0.25, 0.3) is 0 Å². The normalized spacial score (nSPS) is 17.8. The molecular weight excluding hydrogens is 370 g/mol. The van der Waals surface area contributed by atoms with E-state index in [4.69, 9.17) is 23.9 Å². The molecule has 0 spiro atoms. The summed E-state index contributed by atoms with van der Waals surface area (Å²) in [6.07, 6.45) is 1.87. The average Bonchev–Trinajstić information content (AvgIpc) is 3.42. The van der Waals surface area contributed by atoms with Gasteiger partial charge in [-0.3, -0.25) is 9.88 Å². The first-order chi connectivity index (χ1) is 14.3. The Kier molecular flexibility index (Phi) is 3.95. The van der Waals surface area contributed by atoms with Gasteiger partial charge in [-0.25, -0.2) is 0 Å². The molecule has 0 bridgehead atoms. The second-order valence-corrected chi connectivity index (χ2v) is 7.48. The quantitative estimate of drug-likeness (QED) is 0.736. The number of nitrogens with zero attached hydrogens (tertiary/aromatic N) is 2. The van der Waals surface area contributed by atoms with Gasteiger partial charge in [0.05, 0.1) is 5.69 Å². The Balaban J connectivity index is 1.44. The zero-order valence-corrected chi connectivity index (χ0v) is 15.9. The van der Waals surface area contributed by atoms with E-state index in [-0.39, 0.29) is 13.6 Å². The number of hydrogen-bond donors (Lipinski definition) is 1. The predicted molar refractivity (Wildman–Crippen MR) is 108 cm³/mol. The first kappa shape index (κ1) is 16.9. The fourth-order valence-electron chi connectivity index (χ4n) is 4.20. The Morgan fingerprint density at radius 2 is 1.69 bits per heavy atom. The zero-order valence-electron chi connectivity index (χ0n) is 15.9. The molecule has 4 heterocycles. The van der Waals surface area contributed by atoms with E-state index in [1.54, 1.807) is 0 Å². The molecule has 0 amide bonds. The van der Waals surface area contributed by atoms with Crippen LogP contribution in [0, 0.1) is 0 Å². The lowest BCUT2D eigenvalue weighted by Crippen LogP contribution is -2.42. The van der Waals surface area contributed by atoms with Crippen molar-refractivity contribution >= 4 is 10.8 Å². The van der Waals surface area contributed by atoms with Gasteiger partial charge in [0.15, 0.2) is 23.0 Å². The molecule has 6 rings (SSSR count). The van der Waals surface area contributed by atoms with Gasteiger partial charge >= 0.3 is 0 Å². The van der Waals surface area contributed by atoms with E-state index >= 15 is 0 Å². The highest BCUT2D eigenvalue weighted by Gasteiger charge is 2.22. The molecule has 1 fully saturated rings. The highest BCUT2D eigenvalue weighted by molar-refractivity contribution is 5.93. The van der Waals surface area contributed by atoms with Crippen LogP contribution in [0.3, 0.4) is 0 Å². The van der Waals surface area contributed by atoms with Gasteiger partial charge in [-0.15, -0.1) is 0 Å². The summed E-state index contributed by atoms with van der Waals surface area (Å²) >= 11 is 0. The smallest absolute Gasteiger partial charge is 0.231 e. The van der Waals surface area contributed by atoms with Crippen LogP contribution in [0.25, 0.3) is 22.0 Å². The summed E-state index contributed by atoms with van der Waals surface area (Å²) in [7, 11) is 0. The maximum Gasteiger partial charge on any atom is 0.231 e. The van der Waals surface area contributed by atoms with Crippen LogP contribution >= 0.6 is 0 Å². The van der Waals surface area contributed by atoms with Gasteiger partial charge in [0.2, 0.25) is 13.6 Å². The number of ether oxygens (including phenoxy) is 4. The van der Waals surface area contributed by atoms with Crippen molar-refractivity contribution in [2.75, 3.05) is 39.8 Å². The molecule has 1 N–H and O–H groups in total. The fourth-order valence-corrected chi connectivity index (χ4v) is 4.20. The molecule has 29 heavy (non-hydrogen) atoms. The van der Waals surface area contributed by atoms with E-state index in [0.717, 1.165) is 77.8 Å². The monoisotopic (exact) mass is 391 g/mol. The molecule has 0 saturated carbocycles. The summed E-state index contributed by atoms with van der Waals surface area (Å²) < 4.78 is 22.4. The summed E-state index contributed by atoms with van der Waals surface area (Å²) in [5.74, 6) is 3.13. The van der Waals surface area contributed by atoms with E-state index in [2.05, 4.69) is 34.5 Å². The Morgan fingerprint density at radius 1 is 0.897 bits per heavy atom.